The molecule has 0 aliphatic rings. The molecule has 0 bridgehead atoms. The Labute approximate surface area is 97.2 Å². The van der Waals surface area contributed by atoms with Crippen molar-refractivity contribution in [2.24, 2.45) is 13.0 Å². The zero-order valence-corrected chi connectivity index (χ0v) is 9.64. The van der Waals surface area contributed by atoms with E-state index in [-0.39, 0.29) is 0 Å². The molecule has 5 heteroatoms. The van der Waals surface area contributed by atoms with E-state index in [1.54, 1.807) is 26.1 Å². The Bertz CT molecular complexity index is 623. The molecule has 2 aromatic rings. The van der Waals surface area contributed by atoms with Crippen LogP contribution in [-0.2, 0) is 18.3 Å². The van der Waals surface area contributed by atoms with Crippen molar-refractivity contribution in [3.8, 4) is 0 Å². The minimum Gasteiger partial charge on any atom is -0.481 e. The minimum absolute atomic E-state index is 0.374. The highest BCUT2D eigenvalue weighted by molar-refractivity contribution is 5.82. The lowest BCUT2D eigenvalue weighted by Crippen LogP contribution is -2.12. The van der Waals surface area contributed by atoms with Gasteiger partial charge in [0.05, 0.1) is 16.8 Å². The zero-order valence-electron chi connectivity index (χ0n) is 9.64. The number of rotatable bonds is 3. The van der Waals surface area contributed by atoms with Gasteiger partial charge >= 0.3 is 11.6 Å². The Morgan fingerprint density at radius 1 is 1.53 bits per heavy atom. The number of para-hydroxylation sites is 1. The first-order chi connectivity index (χ1) is 8.00. The van der Waals surface area contributed by atoms with Gasteiger partial charge in [0.1, 0.15) is 0 Å². The van der Waals surface area contributed by atoms with E-state index in [9.17, 15) is 9.59 Å². The molecule has 1 aromatic heterocycles. The van der Waals surface area contributed by atoms with Crippen LogP contribution in [0.5, 0.6) is 0 Å². The van der Waals surface area contributed by atoms with Gasteiger partial charge in [0, 0.05) is 7.05 Å². The summed E-state index contributed by atoms with van der Waals surface area (Å²) in [5.41, 5.74) is 1.09. The van der Waals surface area contributed by atoms with E-state index in [4.69, 9.17) is 9.63 Å². The molecule has 0 aliphatic heterocycles. The summed E-state index contributed by atoms with van der Waals surface area (Å²) in [5, 5.41) is 9.39. The molecule has 0 aliphatic carbocycles. The molecule has 2 rings (SSSR count). The number of nitrogens with zero attached hydrogens (tertiary/aromatic N) is 1. The SMILES string of the molecule is CC(Cc1cccc2c(=O)on(C)c12)C(=O)O. The highest BCUT2D eigenvalue weighted by Gasteiger charge is 2.16. The lowest BCUT2D eigenvalue weighted by Gasteiger charge is -2.07. The molecule has 1 unspecified atom stereocenters. The standard InChI is InChI=1S/C12H13NO4/c1-7(11(14)15)6-8-4-3-5-9-10(8)13(2)17-12(9)16/h3-5,7H,6H2,1-2H3,(H,14,15). The lowest BCUT2D eigenvalue weighted by molar-refractivity contribution is -0.141. The normalized spacial score (nSPS) is 12.8. The minimum atomic E-state index is -0.851. The number of carboxylic acids is 1. The third kappa shape index (κ3) is 1.95. The first-order valence-electron chi connectivity index (χ1n) is 5.31. The van der Waals surface area contributed by atoms with Crippen molar-refractivity contribution in [1.29, 1.82) is 0 Å². The van der Waals surface area contributed by atoms with Crippen LogP contribution in [0, 0.1) is 5.92 Å². The fourth-order valence-corrected chi connectivity index (χ4v) is 1.93. The van der Waals surface area contributed by atoms with E-state index < -0.39 is 17.5 Å². The van der Waals surface area contributed by atoms with Crippen molar-refractivity contribution >= 4 is 16.9 Å². The molecule has 0 spiro atoms. The largest absolute Gasteiger partial charge is 0.481 e. The first kappa shape index (κ1) is 11.4. The predicted octanol–water partition coefficient (Wildman–Crippen LogP) is 1.39. The average molecular weight is 235 g/mol. The molecule has 0 fully saturated rings. The van der Waals surface area contributed by atoms with E-state index >= 15 is 0 Å². The maximum absolute atomic E-state index is 11.5. The van der Waals surface area contributed by atoms with Gasteiger partial charge in [-0.25, -0.2) is 9.53 Å². The van der Waals surface area contributed by atoms with E-state index in [1.165, 1.54) is 4.74 Å². The Balaban J connectivity index is 2.55. The molecule has 0 radical (unpaired) electrons. The van der Waals surface area contributed by atoms with Crippen LogP contribution in [-0.4, -0.2) is 15.8 Å². The number of carbonyl (C=O) groups is 1. The van der Waals surface area contributed by atoms with Crippen molar-refractivity contribution in [3.05, 3.63) is 34.2 Å². The number of hydrogen-bond donors (Lipinski definition) is 1. The van der Waals surface area contributed by atoms with Gasteiger partial charge < -0.3 is 9.63 Å². The topological polar surface area (TPSA) is 72.4 Å². The van der Waals surface area contributed by atoms with Gasteiger partial charge in [0.25, 0.3) is 0 Å². The van der Waals surface area contributed by atoms with Gasteiger partial charge in [0.15, 0.2) is 0 Å². The number of carboxylic acid groups (broad SMARTS) is 1. The molecule has 1 atom stereocenters. The highest BCUT2D eigenvalue weighted by Crippen LogP contribution is 2.19. The van der Waals surface area contributed by atoms with E-state index in [1.807, 2.05) is 6.07 Å². The smallest absolute Gasteiger partial charge is 0.365 e. The molecule has 0 saturated heterocycles. The lowest BCUT2D eigenvalue weighted by atomic mass is 9.99. The Morgan fingerprint density at radius 3 is 2.88 bits per heavy atom. The van der Waals surface area contributed by atoms with Crippen LogP contribution in [0.15, 0.2) is 27.5 Å². The summed E-state index contributed by atoms with van der Waals surface area (Å²) in [4.78, 5) is 22.3. The molecule has 1 heterocycles. The number of aliphatic carboxylic acids is 1. The summed E-state index contributed by atoms with van der Waals surface area (Å²) < 4.78 is 6.35. The summed E-state index contributed by atoms with van der Waals surface area (Å²) in [5.74, 6) is -1.35. The second-order valence-corrected chi connectivity index (χ2v) is 4.13. The summed E-state index contributed by atoms with van der Waals surface area (Å²) in [6.07, 6.45) is 0.374. The number of aryl methyl sites for hydroxylation is 1. The molecule has 0 saturated carbocycles. The Kier molecular flexibility index (Phi) is 2.75. The van der Waals surface area contributed by atoms with Crippen molar-refractivity contribution in [1.82, 2.24) is 4.74 Å². The molecule has 0 amide bonds. The van der Waals surface area contributed by atoms with Crippen molar-refractivity contribution in [3.63, 3.8) is 0 Å². The quantitative estimate of drug-likeness (QED) is 0.872. The summed E-state index contributed by atoms with van der Waals surface area (Å²) in [6.45, 7) is 1.64. The fourth-order valence-electron chi connectivity index (χ4n) is 1.93. The van der Waals surface area contributed by atoms with Crippen LogP contribution in [0.2, 0.25) is 0 Å². The molecular formula is C12H13NO4. The van der Waals surface area contributed by atoms with Crippen LogP contribution < -0.4 is 5.63 Å². The van der Waals surface area contributed by atoms with Crippen molar-refractivity contribution in [2.45, 2.75) is 13.3 Å². The van der Waals surface area contributed by atoms with Crippen molar-refractivity contribution in [2.75, 3.05) is 0 Å². The average Bonchev–Trinajstić information content (AvgIpc) is 2.55. The maximum Gasteiger partial charge on any atom is 0.365 e. The molecule has 90 valence electrons. The van der Waals surface area contributed by atoms with Gasteiger partial charge in [0.2, 0.25) is 0 Å². The Hall–Kier alpha value is -2.04. The maximum atomic E-state index is 11.5. The number of aromatic nitrogens is 1. The van der Waals surface area contributed by atoms with Gasteiger partial charge in [-0.05, 0) is 18.1 Å². The van der Waals surface area contributed by atoms with Crippen LogP contribution in [0.1, 0.15) is 12.5 Å². The zero-order chi connectivity index (χ0) is 12.6. The second-order valence-electron chi connectivity index (χ2n) is 4.13. The van der Waals surface area contributed by atoms with E-state index in [0.717, 1.165) is 5.56 Å². The molecule has 5 nitrogen and oxygen atoms in total. The Morgan fingerprint density at radius 2 is 2.24 bits per heavy atom. The van der Waals surface area contributed by atoms with Crippen LogP contribution in [0.3, 0.4) is 0 Å². The summed E-state index contributed by atoms with van der Waals surface area (Å²) in [7, 11) is 1.64. The first-order valence-corrected chi connectivity index (χ1v) is 5.31. The van der Waals surface area contributed by atoms with Gasteiger partial charge in [-0.3, -0.25) is 4.79 Å². The number of benzene rings is 1. The second kappa shape index (κ2) is 4.08. The summed E-state index contributed by atoms with van der Waals surface area (Å²) in [6, 6.07) is 5.23. The highest BCUT2D eigenvalue weighted by atomic mass is 16.5. The molecule has 1 aromatic carbocycles. The fraction of sp³-hybridized carbons (Fsp3) is 0.333. The number of fused-ring (bicyclic) bond motifs is 1. The van der Waals surface area contributed by atoms with Crippen molar-refractivity contribution < 1.29 is 14.4 Å². The molecular weight excluding hydrogens is 222 g/mol. The number of hydrogen-bond acceptors (Lipinski definition) is 3. The van der Waals surface area contributed by atoms with E-state index in [0.29, 0.717) is 17.3 Å². The molecule has 17 heavy (non-hydrogen) atoms. The van der Waals surface area contributed by atoms with Gasteiger partial charge in [-0.1, -0.05) is 19.1 Å². The van der Waals surface area contributed by atoms with Crippen LogP contribution in [0.25, 0.3) is 10.9 Å². The van der Waals surface area contributed by atoms with Crippen LogP contribution in [0.4, 0.5) is 0 Å². The van der Waals surface area contributed by atoms with Gasteiger partial charge in [-0.15, -0.1) is 0 Å². The summed E-state index contributed by atoms with van der Waals surface area (Å²) >= 11 is 0. The van der Waals surface area contributed by atoms with E-state index in [2.05, 4.69) is 0 Å². The monoisotopic (exact) mass is 235 g/mol. The molecule has 1 N–H and O–H groups in total. The van der Waals surface area contributed by atoms with Crippen LogP contribution >= 0.6 is 0 Å². The predicted molar refractivity (Wildman–Crippen MR) is 62.0 cm³/mol. The third-order valence-corrected chi connectivity index (χ3v) is 2.82. The third-order valence-electron chi connectivity index (χ3n) is 2.82. The van der Waals surface area contributed by atoms with Gasteiger partial charge in [-0.2, -0.15) is 0 Å².